The van der Waals surface area contributed by atoms with Crippen molar-refractivity contribution < 1.29 is 13.2 Å². The van der Waals surface area contributed by atoms with E-state index in [1.54, 1.807) is 23.1 Å². The third kappa shape index (κ3) is 7.32. The number of nitrogens with zero attached hydrogens (tertiary/aromatic N) is 3. The highest BCUT2D eigenvalue weighted by molar-refractivity contribution is 7.88. The summed E-state index contributed by atoms with van der Waals surface area (Å²) in [6.07, 6.45) is 5.31. The Hall–Kier alpha value is -1.90. The van der Waals surface area contributed by atoms with Crippen LogP contribution in [-0.2, 0) is 21.4 Å². The molecule has 9 heteroatoms. The predicted octanol–water partition coefficient (Wildman–Crippen LogP) is 3.61. The molecular formula is C23H27Cl2N3O3S. The van der Waals surface area contributed by atoms with Gasteiger partial charge in [0.15, 0.2) is 0 Å². The van der Waals surface area contributed by atoms with Crippen molar-refractivity contribution >= 4 is 45.2 Å². The maximum Gasteiger partial charge on any atom is 0.237 e. The fourth-order valence-corrected chi connectivity index (χ4v) is 4.51. The lowest BCUT2D eigenvalue weighted by atomic mass is 10.2. The Morgan fingerprint density at radius 3 is 2.34 bits per heavy atom. The van der Waals surface area contributed by atoms with E-state index >= 15 is 0 Å². The van der Waals surface area contributed by atoms with Crippen LogP contribution in [0.5, 0.6) is 0 Å². The molecule has 1 fully saturated rings. The third-order valence-electron chi connectivity index (χ3n) is 5.32. The molecule has 0 saturated carbocycles. The number of carbonyl (C=O) groups is 1. The highest BCUT2D eigenvalue weighted by Gasteiger charge is 2.26. The maximum absolute atomic E-state index is 12.8. The largest absolute Gasteiger partial charge is 0.339 e. The van der Waals surface area contributed by atoms with Gasteiger partial charge in [-0.25, -0.2) is 8.42 Å². The van der Waals surface area contributed by atoms with Crippen molar-refractivity contribution in [3.63, 3.8) is 0 Å². The van der Waals surface area contributed by atoms with Crippen molar-refractivity contribution in [2.24, 2.45) is 0 Å². The molecule has 1 saturated heterocycles. The molecule has 1 amide bonds. The molecule has 6 nitrogen and oxygen atoms in total. The monoisotopic (exact) mass is 495 g/mol. The van der Waals surface area contributed by atoms with Crippen molar-refractivity contribution in [1.29, 1.82) is 0 Å². The second-order valence-corrected chi connectivity index (χ2v) is 10.6. The van der Waals surface area contributed by atoms with Gasteiger partial charge in [0.25, 0.3) is 0 Å². The van der Waals surface area contributed by atoms with Gasteiger partial charge in [-0.1, -0.05) is 71.8 Å². The first-order chi connectivity index (χ1) is 15.2. The third-order valence-corrected chi connectivity index (χ3v) is 7.26. The molecule has 1 heterocycles. The van der Waals surface area contributed by atoms with Crippen LogP contribution >= 0.6 is 23.2 Å². The van der Waals surface area contributed by atoms with Gasteiger partial charge in [0.1, 0.15) is 0 Å². The van der Waals surface area contributed by atoms with Crippen LogP contribution in [0.4, 0.5) is 0 Å². The molecule has 0 aliphatic carbocycles. The van der Waals surface area contributed by atoms with Gasteiger partial charge in [-0.05, 0) is 23.3 Å². The van der Waals surface area contributed by atoms with E-state index in [9.17, 15) is 13.2 Å². The minimum absolute atomic E-state index is 0.0612. The van der Waals surface area contributed by atoms with E-state index in [1.807, 2.05) is 18.2 Å². The van der Waals surface area contributed by atoms with Crippen molar-refractivity contribution in [1.82, 2.24) is 14.1 Å². The van der Waals surface area contributed by atoms with Crippen molar-refractivity contribution in [2.75, 3.05) is 45.5 Å². The Morgan fingerprint density at radius 2 is 1.72 bits per heavy atom. The summed E-state index contributed by atoms with van der Waals surface area (Å²) in [5.41, 5.74) is 1.83. The van der Waals surface area contributed by atoms with Crippen LogP contribution < -0.4 is 0 Å². The summed E-state index contributed by atoms with van der Waals surface area (Å²) in [5, 5.41) is 0.746. The molecule has 0 spiro atoms. The molecule has 0 aromatic heterocycles. The summed E-state index contributed by atoms with van der Waals surface area (Å²) in [6, 6.07) is 15.1. The first kappa shape index (κ1) is 24.7. The fourth-order valence-electron chi connectivity index (χ4n) is 3.46. The van der Waals surface area contributed by atoms with Gasteiger partial charge in [-0.2, -0.15) is 4.31 Å². The van der Waals surface area contributed by atoms with Crippen LogP contribution in [0.3, 0.4) is 0 Å². The summed E-state index contributed by atoms with van der Waals surface area (Å²) in [7, 11) is -3.58. The van der Waals surface area contributed by atoms with E-state index in [0.717, 1.165) is 31.5 Å². The zero-order chi connectivity index (χ0) is 23.1. The number of sulfonamides is 1. The summed E-state index contributed by atoms with van der Waals surface area (Å²) in [4.78, 5) is 16.8. The molecule has 0 atom stereocenters. The molecule has 1 aliphatic rings. The number of piperazine rings is 1. The Kier molecular flexibility index (Phi) is 8.73. The smallest absolute Gasteiger partial charge is 0.237 e. The molecule has 2 aromatic carbocycles. The molecule has 2 aromatic rings. The van der Waals surface area contributed by atoms with Crippen LogP contribution in [0.1, 0.15) is 11.1 Å². The van der Waals surface area contributed by atoms with E-state index in [4.69, 9.17) is 23.2 Å². The number of carbonyl (C=O) groups excluding carboxylic acids is 1. The number of benzene rings is 2. The molecule has 172 valence electrons. The standard InChI is InChI=1S/C23H27Cl2N3O3S/c1-32(30,31)28(17-20-9-10-21(24)22(25)16-20)18-23(29)27-14-12-26(13-15-27)11-5-8-19-6-3-2-4-7-19/h2-10,16H,11-15,17-18H2,1H3/b8-5+. The second-order valence-electron chi connectivity index (χ2n) is 7.77. The van der Waals surface area contributed by atoms with Gasteiger partial charge in [0, 0.05) is 39.3 Å². The molecule has 3 rings (SSSR count). The van der Waals surface area contributed by atoms with Crippen LogP contribution in [-0.4, -0.2) is 74.0 Å². The topological polar surface area (TPSA) is 60.9 Å². The SMILES string of the molecule is CS(=O)(=O)N(CC(=O)N1CCN(C/C=C/c2ccccc2)CC1)Cc1ccc(Cl)c(Cl)c1. The summed E-state index contributed by atoms with van der Waals surface area (Å²) >= 11 is 12.0. The fraction of sp³-hybridized carbons (Fsp3) is 0.348. The molecule has 0 bridgehead atoms. The molecule has 1 aliphatic heterocycles. The summed E-state index contributed by atoms with van der Waals surface area (Å²) in [6.45, 7) is 3.31. The summed E-state index contributed by atoms with van der Waals surface area (Å²) < 4.78 is 25.7. The normalized spacial score (nSPS) is 15.6. The zero-order valence-corrected chi connectivity index (χ0v) is 20.3. The quantitative estimate of drug-likeness (QED) is 0.561. The van der Waals surface area contributed by atoms with E-state index in [0.29, 0.717) is 28.7 Å². The molecular weight excluding hydrogens is 469 g/mol. The summed E-state index contributed by atoms with van der Waals surface area (Å²) in [5.74, 6) is -0.199. The van der Waals surface area contributed by atoms with Crippen molar-refractivity contribution in [2.45, 2.75) is 6.54 Å². The first-order valence-electron chi connectivity index (χ1n) is 10.3. The number of rotatable bonds is 8. The molecule has 0 N–H and O–H groups in total. The Balaban J connectivity index is 1.52. The highest BCUT2D eigenvalue weighted by atomic mass is 35.5. The van der Waals surface area contributed by atoms with Crippen molar-refractivity contribution in [3.8, 4) is 0 Å². The molecule has 0 radical (unpaired) electrons. The number of hydrogen-bond donors (Lipinski definition) is 0. The lowest BCUT2D eigenvalue weighted by molar-refractivity contribution is -0.133. The zero-order valence-electron chi connectivity index (χ0n) is 18.0. The number of halogens is 2. The van der Waals surface area contributed by atoms with Crippen LogP contribution in [0.2, 0.25) is 10.0 Å². The lowest BCUT2D eigenvalue weighted by Crippen LogP contribution is -2.51. The van der Waals surface area contributed by atoms with Crippen molar-refractivity contribution in [3.05, 3.63) is 75.8 Å². The maximum atomic E-state index is 12.8. The van der Waals surface area contributed by atoms with Crippen LogP contribution in [0.25, 0.3) is 6.08 Å². The van der Waals surface area contributed by atoms with E-state index in [-0.39, 0.29) is 19.0 Å². The van der Waals surface area contributed by atoms with E-state index in [2.05, 4.69) is 29.2 Å². The van der Waals surface area contributed by atoms with Gasteiger partial charge < -0.3 is 4.90 Å². The minimum Gasteiger partial charge on any atom is -0.339 e. The highest BCUT2D eigenvalue weighted by Crippen LogP contribution is 2.23. The number of amides is 1. The average molecular weight is 496 g/mol. The Labute approximate surface area is 200 Å². The number of hydrogen-bond acceptors (Lipinski definition) is 4. The average Bonchev–Trinajstić information content (AvgIpc) is 2.76. The van der Waals surface area contributed by atoms with E-state index in [1.165, 1.54) is 4.31 Å². The Morgan fingerprint density at radius 1 is 1.03 bits per heavy atom. The Bertz CT molecular complexity index is 1050. The lowest BCUT2D eigenvalue weighted by Gasteiger charge is -2.35. The predicted molar refractivity (Wildman–Crippen MR) is 130 cm³/mol. The van der Waals surface area contributed by atoms with Crippen LogP contribution in [0, 0.1) is 0 Å². The van der Waals surface area contributed by atoms with Gasteiger partial charge in [-0.3, -0.25) is 9.69 Å². The molecule has 0 unspecified atom stereocenters. The minimum atomic E-state index is -3.58. The van der Waals surface area contributed by atoms with Crippen LogP contribution in [0.15, 0.2) is 54.6 Å². The van der Waals surface area contributed by atoms with Gasteiger partial charge in [0.2, 0.25) is 15.9 Å². The van der Waals surface area contributed by atoms with Gasteiger partial charge in [-0.15, -0.1) is 0 Å². The van der Waals surface area contributed by atoms with E-state index < -0.39 is 10.0 Å². The molecule has 32 heavy (non-hydrogen) atoms. The van der Waals surface area contributed by atoms with Gasteiger partial charge >= 0.3 is 0 Å². The first-order valence-corrected chi connectivity index (χ1v) is 12.9. The van der Waals surface area contributed by atoms with Gasteiger partial charge in [0.05, 0.1) is 22.8 Å². The second kappa shape index (κ2) is 11.3.